The molecular weight excluding hydrogens is 776 g/mol. The molecule has 0 bridgehead atoms. The molecule has 0 radical (unpaired) electrons. The lowest BCUT2D eigenvalue weighted by Crippen LogP contribution is -2.65. The van der Waals surface area contributed by atoms with E-state index in [2.05, 4.69) is 6.58 Å². The Labute approximate surface area is 343 Å². The highest BCUT2D eigenvalue weighted by molar-refractivity contribution is 5.75. The Kier molecular flexibility index (Phi) is 15.5. The summed E-state index contributed by atoms with van der Waals surface area (Å²) in [7, 11) is 1.54. The van der Waals surface area contributed by atoms with Crippen molar-refractivity contribution in [2.75, 3.05) is 26.9 Å². The zero-order valence-corrected chi connectivity index (χ0v) is 34.5. The number of carbonyl (C=O) groups is 4. The third kappa shape index (κ3) is 12.2. The minimum atomic E-state index is -2.02. The maximum Gasteiger partial charge on any atom is 0.311 e. The van der Waals surface area contributed by atoms with Crippen molar-refractivity contribution in [3.05, 3.63) is 72.8 Å². The maximum absolute atomic E-state index is 13.6. The number of benzene rings is 2. The third-order valence-electron chi connectivity index (χ3n) is 9.24. The van der Waals surface area contributed by atoms with Gasteiger partial charge in [0.2, 0.25) is 6.29 Å². The third-order valence-corrected chi connectivity index (χ3v) is 9.24. The molecule has 17 heteroatoms. The first kappa shape index (κ1) is 45.5. The fraction of sp³-hybridized carbons (Fsp3) is 0.571. The van der Waals surface area contributed by atoms with Gasteiger partial charge in [-0.05, 0) is 50.6 Å². The SMILES string of the molecule is C=CCO[C@H]1[C@@H](O[C@]2(C)O[C@H]3O[C@H](COC(C)=O)[C@H](OC(C)=O)[C@H](OC(C)=O)[C@H]3O2)[C@@H](COCc2ccccc2)O[C@@H](Oc2ccc(OC)cc2)[C@@H]1OC(=O)C(C)(C)C. The van der Waals surface area contributed by atoms with Crippen LogP contribution in [-0.2, 0) is 77.9 Å². The molecule has 0 N–H and O–H groups in total. The minimum absolute atomic E-state index is 0.0237. The molecule has 0 amide bonds. The van der Waals surface area contributed by atoms with Crippen LogP contribution in [0, 0.1) is 5.41 Å². The number of hydrogen-bond acceptors (Lipinski definition) is 17. The van der Waals surface area contributed by atoms with E-state index in [9.17, 15) is 19.2 Å². The van der Waals surface area contributed by atoms with E-state index >= 15 is 0 Å². The van der Waals surface area contributed by atoms with Crippen LogP contribution in [0.2, 0.25) is 0 Å². The van der Waals surface area contributed by atoms with E-state index in [4.69, 9.17) is 61.6 Å². The highest BCUT2D eigenvalue weighted by Gasteiger charge is 2.62. The number of carbonyl (C=O) groups excluding carboxylic acids is 4. The van der Waals surface area contributed by atoms with E-state index < -0.39 is 96.7 Å². The van der Waals surface area contributed by atoms with Crippen LogP contribution in [-0.4, -0.2) is 118 Å². The Morgan fingerprint density at radius 2 is 1.41 bits per heavy atom. The summed E-state index contributed by atoms with van der Waals surface area (Å²) in [6.07, 6.45) is -10.6. The number of rotatable bonds is 17. The van der Waals surface area contributed by atoms with Gasteiger partial charge in [-0.15, -0.1) is 6.58 Å². The smallest absolute Gasteiger partial charge is 0.311 e. The first-order valence-electron chi connectivity index (χ1n) is 19.2. The van der Waals surface area contributed by atoms with Crippen molar-refractivity contribution in [3.8, 4) is 11.5 Å². The van der Waals surface area contributed by atoms with Crippen LogP contribution in [0.5, 0.6) is 11.5 Å². The van der Waals surface area contributed by atoms with Gasteiger partial charge in [0, 0.05) is 27.7 Å². The number of methoxy groups -OCH3 is 1. The first-order chi connectivity index (χ1) is 28.0. The van der Waals surface area contributed by atoms with Crippen LogP contribution in [0.25, 0.3) is 0 Å². The average Bonchev–Trinajstić information content (AvgIpc) is 3.51. The van der Waals surface area contributed by atoms with Crippen LogP contribution in [0.3, 0.4) is 0 Å². The molecule has 2 aromatic rings. The highest BCUT2D eigenvalue weighted by atomic mass is 16.9. The Balaban J connectivity index is 1.52. The molecule has 3 aliphatic heterocycles. The molecule has 11 atom stereocenters. The van der Waals surface area contributed by atoms with E-state index in [1.807, 2.05) is 30.3 Å². The summed E-state index contributed by atoms with van der Waals surface area (Å²) in [5, 5.41) is 0. The van der Waals surface area contributed by atoms with Crippen LogP contribution in [0.15, 0.2) is 67.3 Å². The molecule has 0 unspecified atom stereocenters. The van der Waals surface area contributed by atoms with Gasteiger partial charge < -0.3 is 56.8 Å². The van der Waals surface area contributed by atoms with E-state index in [-0.39, 0.29) is 26.4 Å². The molecule has 17 nitrogen and oxygen atoms in total. The quantitative estimate of drug-likeness (QED) is 0.125. The Morgan fingerprint density at radius 1 is 0.763 bits per heavy atom. The van der Waals surface area contributed by atoms with Crippen molar-refractivity contribution in [2.24, 2.45) is 5.41 Å². The average molecular weight is 831 g/mol. The monoisotopic (exact) mass is 830 g/mol. The first-order valence-corrected chi connectivity index (χ1v) is 19.2. The standard InChI is InChI=1S/C42H54O17/c1-10-20-49-34-33(57-42(8)58-37-35(52-26(4)45)32(51-25(3)44)31(23-50-24(2)43)55-39(37)59-42)30(22-48-21-27-14-12-11-13-15-27)54-38(36(34)56-40(46)41(5,6)7)53-29-18-16-28(47-9)17-19-29/h10-19,30-39H,1,20-23H2,2-9H3/t30-,31-,32+,33+,34+,35+,36-,37-,38-,39-,42+/m1/s1. The Hall–Kier alpha value is -4.62. The summed E-state index contributed by atoms with van der Waals surface area (Å²) in [5.41, 5.74) is -0.0653. The zero-order chi connectivity index (χ0) is 42.9. The molecule has 0 aromatic heterocycles. The second-order valence-electron chi connectivity index (χ2n) is 15.2. The fourth-order valence-corrected chi connectivity index (χ4v) is 6.58. The summed E-state index contributed by atoms with van der Waals surface area (Å²) >= 11 is 0. The van der Waals surface area contributed by atoms with Crippen LogP contribution in [0.1, 0.15) is 54.0 Å². The van der Waals surface area contributed by atoms with Crippen molar-refractivity contribution in [3.63, 3.8) is 0 Å². The van der Waals surface area contributed by atoms with Crippen LogP contribution >= 0.6 is 0 Å². The second-order valence-corrected chi connectivity index (χ2v) is 15.2. The van der Waals surface area contributed by atoms with Gasteiger partial charge in [-0.2, -0.15) is 0 Å². The summed E-state index contributed by atoms with van der Waals surface area (Å²) in [6.45, 7) is 13.6. The summed E-state index contributed by atoms with van der Waals surface area (Å²) in [6, 6.07) is 16.2. The van der Waals surface area contributed by atoms with E-state index in [1.54, 1.807) is 52.1 Å². The zero-order valence-electron chi connectivity index (χ0n) is 34.5. The molecule has 3 aliphatic rings. The maximum atomic E-state index is 13.6. The minimum Gasteiger partial charge on any atom is -0.497 e. The second kappa shape index (κ2) is 20.1. The van der Waals surface area contributed by atoms with Crippen LogP contribution in [0.4, 0.5) is 0 Å². The van der Waals surface area contributed by atoms with Gasteiger partial charge in [-0.3, -0.25) is 23.9 Å². The predicted octanol–water partition coefficient (Wildman–Crippen LogP) is 4.17. The molecular formula is C42H54O17. The van der Waals surface area contributed by atoms with Crippen molar-refractivity contribution in [1.82, 2.24) is 0 Å². The van der Waals surface area contributed by atoms with Gasteiger partial charge in [-0.25, -0.2) is 0 Å². The van der Waals surface area contributed by atoms with Gasteiger partial charge in [0.1, 0.15) is 42.5 Å². The number of fused-ring (bicyclic) bond motifs is 1. The lowest BCUT2D eigenvalue weighted by atomic mass is 9.95. The fourth-order valence-electron chi connectivity index (χ4n) is 6.58. The van der Waals surface area contributed by atoms with Crippen molar-refractivity contribution in [1.29, 1.82) is 0 Å². The molecule has 3 heterocycles. The summed E-state index contributed by atoms with van der Waals surface area (Å²) in [5.74, 6) is -3.71. The molecule has 0 saturated carbocycles. The molecule has 3 fully saturated rings. The topological polar surface area (TPSA) is 188 Å². The summed E-state index contributed by atoms with van der Waals surface area (Å²) in [4.78, 5) is 50.1. The van der Waals surface area contributed by atoms with Gasteiger partial charge in [-0.1, -0.05) is 36.4 Å². The molecule has 59 heavy (non-hydrogen) atoms. The van der Waals surface area contributed by atoms with E-state index in [0.717, 1.165) is 5.56 Å². The van der Waals surface area contributed by atoms with Crippen molar-refractivity contribution in [2.45, 2.75) is 122 Å². The molecule has 324 valence electrons. The Bertz CT molecular complexity index is 1730. The summed E-state index contributed by atoms with van der Waals surface area (Å²) < 4.78 is 78.9. The lowest BCUT2D eigenvalue weighted by molar-refractivity contribution is -0.398. The molecule has 0 aliphatic carbocycles. The molecule has 5 rings (SSSR count). The van der Waals surface area contributed by atoms with Gasteiger partial charge in [0.25, 0.3) is 5.97 Å². The highest BCUT2D eigenvalue weighted by Crippen LogP contribution is 2.42. The molecule has 2 aromatic carbocycles. The van der Waals surface area contributed by atoms with Crippen molar-refractivity contribution < 1.29 is 80.8 Å². The normalized spacial score (nSPS) is 30.3. The van der Waals surface area contributed by atoms with E-state index in [1.165, 1.54) is 33.8 Å². The van der Waals surface area contributed by atoms with Crippen LogP contribution < -0.4 is 9.47 Å². The van der Waals surface area contributed by atoms with Crippen molar-refractivity contribution >= 4 is 23.9 Å². The van der Waals surface area contributed by atoms with Gasteiger partial charge in [0.15, 0.2) is 30.7 Å². The lowest BCUT2D eigenvalue weighted by Gasteiger charge is -2.47. The number of hydrogen-bond donors (Lipinski definition) is 0. The molecule has 0 spiro atoms. The molecule has 3 saturated heterocycles. The predicted molar refractivity (Wildman–Crippen MR) is 203 cm³/mol. The Morgan fingerprint density at radius 3 is 2.02 bits per heavy atom. The number of esters is 4. The van der Waals surface area contributed by atoms with E-state index in [0.29, 0.717) is 11.5 Å². The van der Waals surface area contributed by atoms with Gasteiger partial charge in [0.05, 0.1) is 32.3 Å². The number of ether oxygens (including phenoxy) is 13. The van der Waals surface area contributed by atoms with Gasteiger partial charge >= 0.3 is 23.9 Å². The largest absolute Gasteiger partial charge is 0.497 e.